The lowest BCUT2D eigenvalue weighted by molar-refractivity contribution is 0.528. The summed E-state index contributed by atoms with van der Waals surface area (Å²) in [5, 5.41) is 0. The van der Waals surface area contributed by atoms with Crippen molar-refractivity contribution in [2.75, 3.05) is 0 Å². The predicted molar refractivity (Wildman–Crippen MR) is 69.3 cm³/mol. The fourth-order valence-corrected chi connectivity index (χ4v) is 2.25. The lowest BCUT2D eigenvalue weighted by Gasteiger charge is -2.22. The number of rotatable bonds is 3. The van der Waals surface area contributed by atoms with Crippen LogP contribution in [0.3, 0.4) is 0 Å². The maximum atomic E-state index is 12.5. The maximum absolute atomic E-state index is 12.5. The molecule has 0 bridgehead atoms. The Kier molecular flexibility index (Phi) is 3.11. The summed E-state index contributed by atoms with van der Waals surface area (Å²) in [6.07, 6.45) is 5.07. The van der Waals surface area contributed by atoms with Gasteiger partial charge in [0.1, 0.15) is 0 Å². The highest BCUT2D eigenvalue weighted by molar-refractivity contribution is 5.25. The van der Waals surface area contributed by atoms with Gasteiger partial charge in [-0.15, -0.1) is 0 Å². The molecule has 0 aromatic carbocycles. The highest BCUT2D eigenvalue weighted by Gasteiger charge is 2.26. The van der Waals surface area contributed by atoms with Crippen molar-refractivity contribution in [2.45, 2.75) is 58.9 Å². The van der Waals surface area contributed by atoms with Crippen LogP contribution in [0.1, 0.15) is 51.8 Å². The summed E-state index contributed by atoms with van der Waals surface area (Å²) in [5.41, 5.74) is 1.89. The lowest BCUT2D eigenvalue weighted by atomic mass is 9.86. The van der Waals surface area contributed by atoms with E-state index in [-0.39, 0.29) is 11.0 Å². The van der Waals surface area contributed by atoms with Crippen LogP contribution in [0.2, 0.25) is 0 Å². The van der Waals surface area contributed by atoms with E-state index in [0.717, 1.165) is 24.2 Å². The molecule has 0 radical (unpaired) electrons. The third-order valence-corrected chi connectivity index (χ3v) is 3.35. The Morgan fingerprint density at radius 3 is 2.53 bits per heavy atom. The van der Waals surface area contributed by atoms with Crippen molar-refractivity contribution in [3.63, 3.8) is 0 Å². The van der Waals surface area contributed by atoms with Crippen LogP contribution >= 0.6 is 0 Å². The maximum Gasteiger partial charge on any atom is 0.257 e. The number of hydrogen-bond donors (Lipinski definition) is 0. The minimum atomic E-state index is -0.123. The van der Waals surface area contributed by atoms with E-state index < -0.39 is 0 Å². The first kappa shape index (κ1) is 12.3. The predicted octanol–water partition coefficient (Wildman–Crippen LogP) is 2.51. The molecule has 17 heavy (non-hydrogen) atoms. The van der Waals surface area contributed by atoms with Crippen LogP contribution in [0.25, 0.3) is 0 Å². The van der Waals surface area contributed by atoms with Crippen molar-refractivity contribution < 1.29 is 0 Å². The second-order valence-corrected chi connectivity index (χ2v) is 6.07. The van der Waals surface area contributed by atoms with Gasteiger partial charge in [0.15, 0.2) is 0 Å². The highest BCUT2D eigenvalue weighted by atomic mass is 16.1. The Bertz CT molecular complexity index is 464. The number of aryl methyl sites for hydroxylation is 1. The zero-order valence-electron chi connectivity index (χ0n) is 11.3. The topological polar surface area (TPSA) is 34.9 Å². The molecule has 1 aliphatic carbocycles. The van der Waals surface area contributed by atoms with E-state index in [4.69, 9.17) is 0 Å². The smallest absolute Gasteiger partial charge is 0.257 e. The van der Waals surface area contributed by atoms with Gasteiger partial charge in [-0.25, -0.2) is 4.98 Å². The summed E-state index contributed by atoms with van der Waals surface area (Å²) in [6, 6.07) is 0. The van der Waals surface area contributed by atoms with Crippen LogP contribution in [-0.4, -0.2) is 9.55 Å². The van der Waals surface area contributed by atoms with E-state index in [2.05, 4.69) is 32.7 Å². The molecule has 0 aliphatic heterocycles. The van der Waals surface area contributed by atoms with E-state index in [1.54, 1.807) is 10.9 Å². The van der Waals surface area contributed by atoms with Crippen molar-refractivity contribution in [1.82, 2.24) is 9.55 Å². The van der Waals surface area contributed by atoms with Gasteiger partial charge < -0.3 is 0 Å². The molecule has 1 aromatic heterocycles. The second kappa shape index (κ2) is 4.28. The zero-order chi connectivity index (χ0) is 12.6. The van der Waals surface area contributed by atoms with Crippen LogP contribution < -0.4 is 5.56 Å². The Hall–Kier alpha value is -1.12. The number of aromatic nitrogens is 2. The third kappa shape index (κ3) is 2.59. The zero-order valence-corrected chi connectivity index (χ0v) is 11.3. The normalized spacial score (nSPS) is 16.2. The molecular weight excluding hydrogens is 212 g/mol. The first-order valence-electron chi connectivity index (χ1n) is 6.52. The number of hydrogen-bond acceptors (Lipinski definition) is 2. The van der Waals surface area contributed by atoms with Gasteiger partial charge in [-0.2, -0.15) is 0 Å². The van der Waals surface area contributed by atoms with Crippen molar-refractivity contribution >= 4 is 0 Å². The molecule has 1 saturated carbocycles. The molecule has 1 fully saturated rings. The van der Waals surface area contributed by atoms with E-state index >= 15 is 0 Å². The minimum Gasteiger partial charge on any atom is -0.299 e. The van der Waals surface area contributed by atoms with Crippen LogP contribution in [0.5, 0.6) is 0 Å². The van der Waals surface area contributed by atoms with Crippen LogP contribution in [0, 0.1) is 5.92 Å². The molecule has 3 heteroatoms. The van der Waals surface area contributed by atoms with Gasteiger partial charge in [-0.1, -0.05) is 27.7 Å². The van der Waals surface area contributed by atoms with Crippen LogP contribution in [0.15, 0.2) is 11.1 Å². The summed E-state index contributed by atoms with van der Waals surface area (Å²) in [6.45, 7) is 9.17. The lowest BCUT2D eigenvalue weighted by Crippen LogP contribution is -2.33. The Morgan fingerprint density at radius 1 is 1.41 bits per heavy atom. The van der Waals surface area contributed by atoms with Crippen molar-refractivity contribution in [3.8, 4) is 0 Å². The van der Waals surface area contributed by atoms with E-state index in [9.17, 15) is 4.79 Å². The molecule has 94 valence electrons. The fraction of sp³-hybridized carbons (Fsp3) is 0.714. The molecule has 0 N–H and O–H groups in total. The van der Waals surface area contributed by atoms with Gasteiger partial charge in [0.25, 0.3) is 5.56 Å². The van der Waals surface area contributed by atoms with E-state index in [1.165, 1.54) is 12.8 Å². The summed E-state index contributed by atoms with van der Waals surface area (Å²) >= 11 is 0. The molecule has 3 nitrogen and oxygen atoms in total. The van der Waals surface area contributed by atoms with Gasteiger partial charge in [0.2, 0.25) is 0 Å². The Labute approximate surface area is 103 Å². The molecule has 0 unspecified atom stereocenters. The van der Waals surface area contributed by atoms with Gasteiger partial charge in [-0.3, -0.25) is 9.36 Å². The molecule has 1 heterocycles. The van der Waals surface area contributed by atoms with Gasteiger partial charge in [0, 0.05) is 12.1 Å². The molecule has 1 aromatic rings. The second-order valence-electron chi connectivity index (χ2n) is 6.07. The summed E-state index contributed by atoms with van der Waals surface area (Å²) < 4.78 is 1.80. The molecule has 0 spiro atoms. The van der Waals surface area contributed by atoms with Crippen LogP contribution in [0.4, 0.5) is 0 Å². The first-order chi connectivity index (χ1) is 7.93. The van der Waals surface area contributed by atoms with E-state index in [0.29, 0.717) is 5.92 Å². The van der Waals surface area contributed by atoms with Crippen LogP contribution in [-0.2, 0) is 18.4 Å². The van der Waals surface area contributed by atoms with Gasteiger partial charge in [0.05, 0.1) is 12.0 Å². The molecule has 2 rings (SSSR count). The van der Waals surface area contributed by atoms with Gasteiger partial charge in [-0.05, 0) is 30.6 Å². The number of nitrogens with zero attached hydrogens (tertiary/aromatic N) is 2. The Morgan fingerprint density at radius 2 is 2.06 bits per heavy atom. The van der Waals surface area contributed by atoms with Gasteiger partial charge >= 0.3 is 0 Å². The molecule has 1 aliphatic rings. The van der Waals surface area contributed by atoms with Crippen molar-refractivity contribution in [2.24, 2.45) is 5.92 Å². The molecule has 0 amide bonds. The molecular formula is C14H22N2O. The SMILES string of the molecule is CCc1ncn(CC2CC2)c(=O)c1C(C)(C)C. The summed E-state index contributed by atoms with van der Waals surface area (Å²) in [7, 11) is 0. The summed E-state index contributed by atoms with van der Waals surface area (Å²) in [4.78, 5) is 16.9. The quantitative estimate of drug-likeness (QED) is 0.805. The van der Waals surface area contributed by atoms with E-state index in [1.807, 2.05) is 0 Å². The average Bonchev–Trinajstić information content (AvgIpc) is 3.02. The first-order valence-corrected chi connectivity index (χ1v) is 6.52. The fourth-order valence-electron chi connectivity index (χ4n) is 2.25. The monoisotopic (exact) mass is 234 g/mol. The highest BCUT2D eigenvalue weighted by Crippen LogP contribution is 2.30. The standard InChI is InChI=1S/C14H22N2O/c1-5-11-12(14(2,3)4)13(17)16(9-15-11)8-10-6-7-10/h9-10H,5-8H2,1-4H3. The summed E-state index contributed by atoms with van der Waals surface area (Å²) in [5.74, 6) is 0.704. The minimum absolute atomic E-state index is 0.123. The molecule has 0 saturated heterocycles. The van der Waals surface area contributed by atoms with Crippen molar-refractivity contribution in [1.29, 1.82) is 0 Å². The molecule has 0 atom stereocenters. The average molecular weight is 234 g/mol. The largest absolute Gasteiger partial charge is 0.299 e. The van der Waals surface area contributed by atoms with Crippen molar-refractivity contribution in [3.05, 3.63) is 27.9 Å². The Balaban J connectivity index is 2.48. The third-order valence-electron chi connectivity index (χ3n) is 3.35.